The van der Waals surface area contributed by atoms with Gasteiger partial charge in [0.1, 0.15) is 0 Å². The number of rotatable bonds is 1. The lowest BCUT2D eigenvalue weighted by atomic mass is 10.3. The van der Waals surface area contributed by atoms with E-state index in [1.807, 2.05) is 12.1 Å². The van der Waals surface area contributed by atoms with E-state index in [4.69, 9.17) is 4.74 Å². The third-order valence-corrected chi connectivity index (χ3v) is 2.84. The van der Waals surface area contributed by atoms with Crippen molar-refractivity contribution in [3.05, 3.63) is 25.6 Å². The first kappa shape index (κ1) is 11.2. The maximum atomic E-state index is 10.7. The first-order chi connectivity index (χ1) is 6.00. The fourth-order valence-electron chi connectivity index (χ4n) is 0.770. The van der Waals surface area contributed by atoms with Crippen LogP contribution in [0, 0.1) is 0 Å². The topological polar surface area (TPSA) is 26.3 Å². The number of halogens is 3. The van der Waals surface area contributed by atoms with Crippen molar-refractivity contribution in [2.24, 2.45) is 0 Å². The van der Waals surface area contributed by atoms with Crippen LogP contribution in [0.15, 0.2) is 25.6 Å². The quantitative estimate of drug-likeness (QED) is 0.552. The maximum absolute atomic E-state index is 10.7. The van der Waals surface area contributed by atoms with Gasteiger partial charge in [-0.15, -0.1) is 0 Å². The lowest BCUT2D eigenvalue weighted by Gasteiger charge is -2.06. The number of carbonyl (C=O) groups is 1. The summed E-state index contributed by atoms with van der Waals surface area (Å²) in [7, 11) is 0. The number of carbonyl (C=O) groups excluding carboxylic acids is 1. The van der Waals surface area contributed by atoms with Crippen molar-refractivity contribution in [2.75, 3.05) is 0 Å². The van der Waals surface area contributed by atoms with E-state index in [1.54, 1.807) is 0 Å². The van der Waals surface area contributed by atoms with Crippen LogP contribution in [0.4, 0.5) is 0 Å². The molecule has 0 unspecified atom stereocenters. The fourth-order valence-corrected chi connectivity index (χ4v) is 3.19. The molecular formula is C8H5Br3O2. The first-order valence-electron chi connectivity index (χ1n) is 3.33. The maximum Gasteiger partial charge on any atom is 0.308 e. The molecule has 0 saturated carbocycles. The Balaban J connectivity index is 3.13. The Morgan fingerprint density at radius 3 is 2.08 bits per heavy atom. The van der Waals surface area contributed by atoms with Crippen molar-refractivity contribution in [2.45, 2.75) is 6.92 Å². The molecule has 0 fully saturated rings. The normalized spacial score (nSPS) is 9.85. The van der Waals surface area contributed by atoms with Crippen molar-refractivity contribution < 1.29 is 9.53 Å². The molecule has 0 radical (unpaired) electrons. The zero-order chi connectivity index (χ0) is 10.0. The van der Waals surface area contributed by atoms with Gasteiger partial charge in [0.05, 0.1) is 8.95 Å². The minimum Gasteiger partial charge on any atom is -0.424 e. The average molecular weight is 373 g/mol. The van der Waals surface area contributed by atoms with Crippen LogP contribution in [-0.2, 0) is 4.79 Å². The van der Waals surface area contributed by atoms with E-state index in [9.17, 15) is 4.79 Å². The molecule has 0 spiro atoms. The number of esters is 1. The molecule has 1 aromatic carbocycles. The Morgan fingerprint density at radius 1 is 1.23 bits per heavy atom. The van der Waals surface area contributed by atoms with Crippen molar-refractivity contribution in [3.8, 4) is 5.75 Å². The molecule has 0 atom stereocenters. The number of ether oxygens (including phenoxy) is 1. The van der Waals surface area contributed by atoms with Gasteiger partial charge in [-0.05, 0) is 44.0 Å². The Morgan fingerprint density at radius 2 is 1.69 bits per heavy atom. The Bertz CT molecular complexity index is 326. The SMILES string of the molecule is CC(=O)Oc1c(Br)cc(Br)cc1Br. The van der Waals surface area contributed by atoms with Gasteiger partial charge in [-0.2, -0.15) is 0 Å². The average Bonchev–Trinajstić information content (AvgIpc) is 1.96. The molecule has 0 heterocycles. The Kier molecular flexibility index (Phi) is 3.94. The highest BCUT2D eigenvalue weighted by molar-refractivity contribution is 9.11. The second kappa shape index (κ2) is 4.57. The third kappa shape index (κ3) is 3.07. The van der Waals surface area contributed by atoms with Crippen molar-refractivity contribution >= 4 is 53.8 Å². The molecule has 0 saturated heterocycles. The summed E-state index contributed by atoms with van der Waals surface area (Å²) in [4.78, 5) is 10.7. The van der Waals surface area contributed by atoms with E-state index >= 15 is 0 Å². The van der Waals surface area contributed by atoms with Crippen LogP contribution in [0.3, 0.4) is 0 Å². The lowest BCUT2D eigenvalue weighted by molar-refractivity contribution is -0.131. The predicted molar refractivity (Wildman–Crippen MR) is 60.9 cm³/mol. The molecule has 70 valence electrons. The van der Waals surface area contributed by atoms with Crippen LogP contribution >= 0.6 is 47.8 Å². The van der Waals surface area contributed by atoms with Gasteiger partial charge in [0.2, 0.25) is 0 Å². The predicted octanol–water partition coefficient (Wildman–Crippen LogP) is 3.90. The van der Waals surface area contributed by atoms with Gasteiger partial charge >= 0.3 is 5.97 Å². The first-order valence-corrected chi connectivity index (χ1v) is 5.71. The monoisotopic (exact) mass is 370 g/mol. The molecule has 13 heavy (non-hydrogen) atoms. The van der Waals surface area contributed by atoms with E-state index in [0.717, 1.165) is 13.4 Å². The van der Waals surface area contributed by atoms with Gasteiger partial charge in [0.25, 0.3) is 0 Å². The van der Waals surface area contributed by atoms with Crippen LogP contribution in [0.5, 0.6) is 5.75 Å². The van der Waals surface area contributed by atoms with Gasteiger partial charge in [0, 0.05) is 11.4 Å². The minimum atomic E-state index is -0.344. The Labute approximate surface area is 101 Å². The van der Waals surface area contributed by atoms with Crippen LogP contribution in [0.25, 0.3) is 0 Å². The standard InChI is InChI=1S/C8H5Br3O2/c1-4(12)13-8-6(10)2-5(9)3-7(8)11/h2-3H,1H3. The highest BCUT2D eigenvalue weighted by Gasteiger charge is 2.09. The van der Waals surface area contributed by atoms with Crippen LogP contribution in [0.2, 0.25) is 0 Å². The summed E-state index contributed by atoms with van der Waals surface area (Å²) in [5, 5.41) is 0. The van der Waals surface area contributed by atoms with E-state index in [0.29, 0.717) is 5.75 Å². The molecule has 0 aliphatic carbocycles. The zero-order valence-electron chi connectivity index (χ0n) is 6.61. The van der Waals surface area contributed by atoms with Gasteiger partial charge < -0.3 is 4.74 Å². The molecular weight excluding hydrogens is 368 g/mol. The minimum absolute atomic E-state index is 0.344. The van der Waals surface area contributed by atoms with Crippen molar-refractivity contribution in [3.63, 3.8) is 0 Å². The number of hydrogen-bond donors (Lipinski definition) is 0. The number of benzene rings is 1. The molecule has 1 rings (SSSR count). The van der Waals surface area contributed by atoms with Gasteiger partial charge in [0.15, 0.2) is 5.75 Å². The molecule has 1 aromatic rings. The lowest BCUT2D eigenvalue weighted by Crippen LogP contribution is -2.02. The van der Waals surface area contributed by atoms with Crippen molar-refractivity contribution in [1.29, 1.82) is 0 Å². The van der Waals surface area contributed by atoms with Gasteiger partial charge in [-0.1, -0.05) is 15.9 Å². The van der Waals surface area contributed by atoms with E-state index in [-0.39, 0.29) is 5.97 Å². The molecule has 2 nitrogen and oxygen atoms in total. The van der Waals surface area contributed by atoms with Gasteiger partial charge in [-0.25, -0.2) is 0 Å². The second-order valence-corrected chi connectivity index (χ2v) is 4.92. The third-order valence-electron chi connectivity index (χ3n) is 1.21. The molecule has 0 amide bonds. The van der Waals surface area contributed by atoms with E-state index in [2.05, 4.69) is 47.8 Å². The molecule has 5 heteroatoms. The molecule has 0 aliphatic heterocycles. The summed E-state index contributed by atoms with van der Waals surface area (Å²) >= 11 is 9.89. The van der Waals surface area contributed by atoms with Crippen LogP contribution in [0.1, 0.15) is 6.92 Å². The van der Waals surface area contributed by atoms with Crippen LogP contribution < -0.4 is 4.74 Å². The smallest absolute Gasteiger partial charge is 0.308 e. The zero-order valence-corrected chi connectivity index (χ0v) is 11.4. The summed E-state index contributed by atoms with van der Waals surface area (Å²) in [6.45, 7) is 1.36. The summed E-state index contributed by atoms with van der Waals surface area (Å²) in [6, 6.07) is 3.62. The molecule has 0 N–H and O–H groups in total. The van der Waals surface area contributed by atoms with Gasteiger partial charge in [-0.3, -0.25) is 4.79 Å². The second-order valence-electron chi connectivity index (χ2n) is 2.29. The molecule has 0 bridgehead atoms. The highest BCUT2D eigenvalue weighted by atomic mass is 79.9. The summed E-state index contributed by atoms with van der Waals surface area (Å²) in [5.74, 6) is 0.152. The molecule has 0 aromatic heterocycles. The van der Waals surface area contributed by atoms with E-state index in [1.165, 1.54) is 6.92 Å². The fraction of sp³-hybridized carbons (Fsp3) is 0.125. The summed E-state index contributed by atoms with van der Waals surface area (Å²) < 4.78 is 7.33. The highest BCUT2D eigenvalue weighted by Crippen LogP contribution is 2.36. The summed E-state index contributed by atoms with van der Waals surface area (Å²) in [5.41, 5.74) is 0. The van der Waals surface area contributed by atoms with Crippen molar-refractivity contribution in [1.82, 2.24) is 0 Å². The molecule has 0 aliphatic rings. The number of hydrogen-bond acceptors (Lipinski definition) is 2. The summed E-state index contributed by atoms with van der Waals surface area (Å²) in [6.07, 6.45) is 0. The van der Waals surface area contributed by atoms with E-state index < -0.39 is 0 Å². The van der Waals surface area contributed by atoms with Crippen LogP contribution in [-0.4, -0.2) is 5.97 Å². The Hall–Kier alpha value is 0.130. The largest absolute Gasteiger partial charge is 0.424 e.